The number of benzene rings is 3. The first kappa shape index (κ1) is 22.8. The molecule has 2 N–H and O–H groups in total. The van der Waals surface area contributed by atoms with Gasteiger partial charge < -0.3 is 0 Å². The highest BCUT2D eigenvalue weighted by molar-refractivity contribution is 7.89. The summed E-state index contributed by atoms with van der Waals surface area (Å²) in [6, 6.07) is 20.7. The number of rotatable bonds is 5. The maximum atomic E-state index is 14.1. The van der Waals surface area contributed by atoms with E-state index < -0.39 is 21.9 Å². The number of aryl methyl sites for hydroxylation is 1. The molecule has 0 unspecified atom stereocenters. The Balaban J connectivity index is 2.05. The molecule has 3 aromatic carbocycles. The fraction of sp³-hybridized carbons (Fsp3) is 0.125. The van der Waals surface area contributed by atoms with E-state index in [9.17, 15) is 21.6 Å². The smallest absolute Gasteiger partial charge is 0.232 e. The molecule has 4 rings (SSSR count). The van der Waals surface area contributed by atoms with E-state index in [-0.39, 0.29) is 16.2 Å². The van der Waals surface area contributed by atoms with Crippen molar-refractivity contribution in [1.82, 2.24) is 9.78 Å². The van der Waals surface area contributed by atoms with Gasteiger partial charge in [-0.2, -0.15) is 18.3 Å². The van der Waals surface area contributed by atoms with Gasteiger partial charge in [-0.25, -0.2) is 18.2 Å². The largest absolute Gasteiger partial charge is 0.435 e. The number of sulfonamides is 1. The number of primary sulfonamides is 1. The molecule has 0 saturated carbocycles. The predicted octanol–water partition coefficient (Wildman–Crippen LogP) is 5.43. The van der Waals surface area contributed by atoms with Crippen LogP contribution in [0.1, 0.15) is 18.2 Å². The maximum absolute atomic E-state index is 14.1. The standard InChI is InChI=1S/C24H20F3N3O2S/c1-2-16-8-12-19(13-9-16)30-22(18-10-14-20(15-11-18)33(28,31)32)21(17-6-4-3-5-7-17)23(29-30)24(25,26)27/h3-15H,2H2,1H3,(H2,28,31,32). The second kappa shape index (κ2) is 8.49. The molecule has 5 nitrogen and oxygen atoms in total. The van der Waals surface area contributed by atoms with Crippen molar-refractivity contribution >= 4 is 10.0 Å². The maximum Gasteiger partial charge on any atom is 0.435 e. The van der Waals surface area contributed by atoms with Gasteiger partial charge in [-0.3, -0.25) is 0 Å². The Bertz CT molecular complexity index is 1380. The Kier molecular flexibility index (Phi) is 5.85. The van der Waals surface area contributed by atoms with Crippen LogP contribution in [0.15, 0.2) is 83.8 Å². The predicted molar refractivity (Wildman–Crippen MR) is 120 cm³/mol. The SMILES string of the molecule is CCc1ccc(-n2nc(C(F)(F)F)c(-c3ccccc3)c2-c2ccc(S(N)(=O)=O)cc2)cc1. The number of halogens is 3. The van der Waals surface area contributed by atoms with Gasteiger partial charge in [0, 0.05) is 11.1 Å². The van der Waals surface area contributed by atoms with Crippen LogP contribution in [0.5, 0.6) is 0 Å². The number of aromatic nitrogens is 2. The molecule has 1 heterocycles. The van der Waals surface area contributed by atoms with Crippen LogP contribution in [0.3, 0.4) is 0 Å². The van der Waals surface area contributed by atoms with Crippen LogP contribution >= 0.6 is 0 Å². The van der Waals surface area contributed by atoms with Gasteiger partial charge in [-0.1, -0.05) is 61.5 Å². The van der Waals surface area contributed by atoms with Crippen molar-refractivity contribution in [2.75, 3.05) is 0 Å². The molecule has 0 aliphatic rings. The molecule has 0 aliphatic carbocycles. The summed E-state index contributed by atoms with van der Waals surface area (Å²) >= 11 is 0. The summed E-state index contributed by atoms with van der Waals surface area (Å²) in [7, 11) is -3.95. The van der Waals surface area contributed by atoms with Crippen molar-refractivity contribution in [3.63, 3.8) is 0 Å². The fourth-order valence-corrected chi connectivity index (χ4v) is 4.14. The molecule has 1 aromatic heterocycles. The summed E-state index contributed by atoms with van der Waals surface area (Å²) in [6.07, 6.45) is -3.93. The second-order valence-electron chi connectivity index (χ2n) is 7.44. The van der Waals surface area contributed by atoms with E-state index in [1.807, 2.05) is 19.1 Å². The average molecular weight is 472 g/mol. The van der Waals surface area contributed by atoms with Crippen LogP contribution < -0.4 is 5.14 Å². The third-order valence-electron chi connectivity index (χ3n) is 5.26. The average Bonchev–Trinajstić information content (AvgIpc) is 3.20. The van der Waals surface area contributed by atoms with Crippen LogP contribution in [0.4, 0.5) is 13.2 Å². The van der Waals surface area contributed by atoms with Crippen LogP contribution in [0, 0.1) is 0 Å². The van der Waals surface area contributed by atoms with E-state index in [4.69, 9.17) is 5.14 Å². The number of alkyl halides is 3. The lowest BCUT2D eigenvalue weighted by Crippen LogP contribution is -2.11. The lowest BCUT2D eigenvalue weighted by atomic mass is 9.98. The number of nitrogens with two attached hydrogens (primary N) is 1. The van der Waals surface area contributed by atoms with Gasteiger partial charge in [0.2, 0.25) is 10.0 Å². The van der Waals surface area contributed by atoms with Gasteiger partial charge in [-0.15, -0.1) is 0 Å². The number of hydrogen-bond acceptors (Lipinski definition) is 3. The van der Waals surface area contributed by atoms with Gasteiger partial charge in [-0.05, 0) is 41.8 Å². The number of hydrogen-bond donors (Lipinski definition) is 1. The molecular weight excluding hydrogens is 451 g/mol. The molecular formula is C24H20F3N3O2S. The Labute approximate surface area is 189 Å². The summed E-state index contributed by atoms with van der Waals surface area (Å²) in [6.45, 7) is 1.98. The molecule has 4 aromatic rings. The lowest BCUT2D eigenvalue weighted by molar-refractivity contribution is -0.140. The van der Waals surface area contributed by atoms with E-state index >= 15 is 0 Å². The van der Waals surface area contributed by atoms with Crippen LogP contribution in [-0.4, -0.2) is 18.2 Å². The monoisotopic (exact) mass is 471 g/mol. The van der Waals surface area contributed by atoms with Gasteiger partial charge in [0.15, 0.2) is 5.69 Å². The van der Waals surface area contributed by atoms with E-state index in [0.717, 1.165) is 12.0 Å². The van der Waals surface area contributed by atoms with Crippen molar-refractivity contribution in [2.24, 2.45) is 5.14 Å². The van der Waals surface area contributed by atoms with E-state index in [1.54, 1.807) is 42.5 Å². The Morgan fingerprint density at radius 1 is 0.879 bits per heavy atom. The Morgan fingerprint density at radius 2 is 1.48 bits per heavy atom. The summed E-state index contributed by atoms with van der Waals surface area (Å²) in [5.41, 5.74) is 1.26. The van der Waals surface area contributed by atoms with Gasteiger partial charge in [0.1, 0.15) is 0 Å². The van der Waals surface area contributed by atoms with Gasteiger partial charge in [0.05, 0.1) is 16.3 Å². The third kappa shape index (κ3) is 4.55. The minimum Gasteiger partial charge on any atom is -0.232 e. The van der Waals surface area contributed by atoms with Crippen molar-refractivity contribution in [3.05, 3.63) is 90.1 Å². The highest BCUT2D eigenvalue weighted by atomic mass is 32.2. The second-order valence-corrected chi connectivity index (χ2v) is 9.00. The zero-order chi connectivity index (χ0) is 23.8. The minimum atomic E-state index is -4.71. The zero-order valence-electron chi connectivity index (χ0n) is 17.5. The van der Waals surface area contributed by atoms with Crippen molar-refractivity contribution in [2.45, 2.75) is 24.4 Å². The molecule has 0 amide bonds. The first-order valence-corrected chi connectivity index (χ1v) is 11.6. The molecule has 0 atom stereocenters. The van der Waals surface area contributed by atoms with Crippen molar-refractivity contribution in [3.8, 4) is 28.1 Å². The highest BCUT2D eigenvalue weighted by Gasteiger charge is 2.40. The fourth-order valence-electron chi connectivity index (χ4n) is 3.62. The van der Waals surface area contributed by atoms with Crippen LogP contribution in [-0.2, 0) is 22.6 Å². The first-order chi connectivity index (χ1) is 15.6. The molecule has 0 bridgehead atoms. The van der Waals surface area contributed by atoms with Crippen molar-refractivity contribution in [1.29, 1.82) is 0 Å². The molecule has 170 valence electrons. The van der Waals surface area contributed by atoms with Gasteiger partial charge in [0.25, 0.3) is 0 Å². The lowest BCUT2D eigenvalue weighted by Gasteiger charge is -2.12. The topological polar surface area (TPSA) is 78.0 Å². The van der Waals surface area contributed by atoms with E-state index in [2.05, 4.69) is 5.10 Å². The molecule has 33 heavy (non-hydrogen) atoms. The summed E-state index contributed by atoms with van der Waals surface area (Å²) in [4.78, 5) is -0.137. The molecule has 0 fully saturated rings. The quantitative estimate of drug-likeness (QED) is 0.421. The molecule has 0 saturated heterocycles. The highest BCUT2D eigenvalue weighted by Crippen LogP contribution is 2.43. The Hall–Kier alpha value is -3.43. The van der Waals surface area contributed by atoms with Crippen LogP contribution in [0.25, 0.3) is 28.1 Å². The molecule has 0 spiro atoms. The first-order valence-electron chi connectivity index (χ1n) is 10.1. The normalized spacial score (nSPS) is 12.2. The van der Waals surface area contributed by atoms with Crippen LogP contribution in [0.2, 0.25) is 0 Å². The molecule has 9 heteroatoms. The third-order valence-corrected chi connectivity index (χ3v) is 6.19. The molecule has 0 aliphatic heterocycles. The minimum absolute atomic E-state index is 0.0916. The van der Waals surface area contributed by atoms with E-state index in [0.29, 0.717) is 16.8 Å². The van der Waals surface area contributed by atoms with Gasteiger partial charge >= 0.3 is 6.18 Å². The summed E-state index contributed by atoms with van der Waals surface area (Å²) < 4.78 is 67.0. The summed E-state index contributed by atoms with van der Waals surface area (Å²) in [5.74, 6) is 0. The van der Waals surface area contributed by atoms with Crippen molar-refractivity contribution < 1.29 is 21.6 Å². The number of nitrogens with zero attached hydrogens (tertiary/aromatic N) is 2. The Morgan fingerprint density at radius 3 is 2.00 bits per heavy atom. The molecule has 0 radical (unpaired) electrons. The summed E-state index contributed by atoms with van der Waals surface area (Å²) in [5, 5.41) is 9.16. The zero-order valence-corrected chi connectivity index (χ0v) is 18.4. The van der Waals surface area contributed by atoms with E-state index in [1.165, 1.54) is 28.9 Å².